The fourth-order valence-electron chi connectivity index (χ4n) is 3.14. The molecule has 1 saturated heterocycles. The van der Waals surface area contributed by atoms with Gasteiger partial charge in [0.15, 0.2) is 0 Å². The minimum Gasteiger partial charge on any atom is -0.419 e. The third-order valence-corrected chi connectivity index (χ3v) is 4.11. The second-order valence-electron chi connectivity index (χ2n) is 6.15. The van der Waals surface area contributed by atoms with Gasteiger partial charge >= 0.3 is 0 Å². The normalized spacial score (nSPS) is 23.4. The lowest BCUT2D eigenvalue weighted by Crippen LogP contribution is -2.38. The zero-order valence-electron chi connectivity index (χ0n) is 12.4. The fourth-order valence-corrected chi connectivity index (χ4v) is 3.27. The first-order valence-electron chi connectivity index (χ1n) is 7.41. The molecule has 1 fully saturated rings. The number of hydrogen-bond acceptors (Lipinski definition) is 4. The molecule has 2 atom stereocenters. The SMILES string of the molecule is CC1CC(C)CN(Cc2nnc(-c3ccc(Cl)cc3)o2)C1. The standard InChI is InChI=1S/C16H20ClN3O/c1-11-7-12(2)9-20(8-11)10-15-18-19-16(21-15)13-3-5-14(17)6-4-13/h3-6,11-12H,7-10H2,1-2H3. The molecule has 0 amide bonds. The molecule has 1 aromatic heterocycles. The molecule has 0 aliphatic carbocycles. The van der Waals surface area contributed by atoms with Crippen LogP contribution in [0.4, 0.5) is 0 Å². The molecule has 3 rings (SSSR count). The summed E-state index contributed by atoms with van der Waals surface area (Å²) < 4.78 is 5.78. The lowest BCUT2D eigenvalue weighted by atomic mass is 9.92. The summed E-state index contributed by atoms with van der Waals surface area (Å²) in [5.41, 5.74) is 0.901. The van der Waals surface area contributed by atoms with Crippen molar-refractivity contribution in [2.75, 3.05) is 13.1 Å². The number of nitrogens with zero attached hydrogens (tertiary/aromatic N) is 3. The highest BCUT2D eigenvalue weighted by Gasteiger charge is 2.23. The van der Waals surface area contributed by atoms with E-state index in [0.717, 1.165) is 37.0 Å². The molecule has 0 radical (unpaired) electrons. The summed E-state index contributed by atoms with van der Waals surface area (Å²) in [6.07, 6.45) is 1.30. The lowest BCUT2D eigenvalue weighted by Gasteiger charge is -2.33. The van der Waals surface area contributed by atoms with Crippen LogP contribution in [0.25, 0.3) is 11.5 Å². The largest absolute Gasteiger partial charge is 0.419 e. The van der Waals surface area contributed by atoms with Gasteiger partial charge in [-0.3, -0.25) is 4.90 Å². The van der Waals surface area contributed by atoms with Gasteiger partial charge in [-0.1, -0.05) is 25.4 Å². The van der Waals surface area contributed by atoms with Crippen LogP contribution in [0, 0.1) is 11.8 Å². The molecule has 4 nitrogen and oxygen atoms in total. The van der Waals surface area contributed by atoms with Crippen LogP contribution in [0.15, 0.2) is 28.7 Å². The first-order valence-corrected chi connectivity index (χ1v) is 7.78. The van der Waals surface area contributed by atoms with Crippen LogP contribution in [0.5, 0.6) is 0 Å². The van der Waals surface area contributed by atoms with E-state index in [9.17, 15) is 0 Å². The van der Waals surface area contributed by atoms with Crippen LogP contribution < -0.4 is 0 Å². The highest BCUT2D eigenvalue weighted by molar-refractivity contribution is 6.30. The Morgan fingerprint density at radius 3 is 2.48 bits per heavy atom. The molecule has 1 aliphatic rings. The van der Waals surface area contributed by atoms with Crippen molar-refractivity contribution >= 4 is 11.6 Å². The Morgan fingerprint density at radius 1 is 1.14 bits per heavy atom. The summed E-state index contributed by atoms with van der Waals surface area (Å²) in [7, 11) is 0. The summed E-state index contributed by atoms with van der Waals surface area (Å²) >= 11 is 5.89. The number of halogens is 1. The average molecular weight is 306 g/mol. The maximum absolute atomic E-state index is 5.89. The maximum Gasteiger partial charge on any atom is 0.247 e. The summed E-state index contributed by atoms with van der Waals surface area (Å²) in [5, 5.41) is 9.00. The van der Waals surface area contributed by atoms with E-state index < -0.39 is 0 Å². The first kappa shape index (κ1) is 14.5. The Kier molecular flexibility index (Phi) is 4.27. The molecule has 2 heterocycles. The van der Waals surface area contributed by atoms with Gasteiger partial charge in [0.25, 0.3) is 0 Å². The van der Waals surface area contributed by atoms with E-state index >= 15 is 0 Å². The topological polar surface area (TPSA) is 42.2 Å². The molecule has 0 saturated carbocycles. The molecule has 1 aromatic carbocycles. The molecule has 21 heavy (non-hydrogen) atoms. The number of benzene rings is 1. The smallest absolute Gasteiger partial charge is 0.247 e. The zero-order chi connectivity index (χ0) is 14.8. The van der Waals surface area contributed by atoms with Crippen LogP contribution in [0.2, 0.25) is 5.02 Å². The van der Waals surface area contributed by atoms with Gasteiger partial charge in [0.05, 0.1) is 6.54 Å². The van der Waals surface area contributed by atoms with E-state index in [4.69, 9.17) is 16.0 Å². The van der Waals surface area contributed by atoms with Crippen molar-refractivity contribution in [2.24, 2.45) is 11.8 Å². The van der Waals surface area contributed by atoms with Gasteiger partial charge < -0.3 is 4.42 Å². The van der Waals surface area contributed by atoms with Gasteiger partial charge in [0, 0.05) is 23.7 Å². The monoisotopic (exact) mass is 305 g/mol. The second kappa shape index (κ2) is 6.16. The van der Waals surface area contributed by atoms with Crippen LogP contribution in [-0.2, 0) is 6.54 Å². The molecule has 2 aromatic rings. The van der Waals surface area contributed by atoms with Crippen molar-refractivity contribution in [3.05, 3.63) is 35.2 Å². The minimum atomic E-state index is 0.555. The molecule has 2 unspecified atom stereocenters. The van der Waals surface area contributed by atoms with Crippen molar-refractivity contribution in [1.29, 1.82) is 0 Å². The first-order chi connectivity index (χ1) is 10.1. The third kappa shape index (κ3) is 3.63. The van der Waals surface area contributed by atoms with Crippen LogP contribution in [0.3, 0.4) is 0 Å². The van der Waals surface area contributed by atoms with Crippen molar-refractivity contribution < 1.29 is 4.42 Å². The van der Waals surface area contributed by atoms with Gasteiger partial charge in [-0.25, -0.2) is 0 Å². The van der Waals surface area contributed by atoms with E-state index in [1.165, 1.54) is 6.42 Å². The summed E-state index contributed by atoms with van der Waals surface area (Å²) in [6.45, 7) is 7.53. The molecule has 0 spiro atoms. The molecular weight excluding hydrogens is 286 g/mol. The minimum absolute atomic E-state index is 0.555. The van der Waals surface area contributed by atoms with E-state index in [-0.39, 0.29) is 0 Å². The highest BCUT2D eigenvalue weighted by Crippen LogP contribution is 2.24. The highest BCUT2D eigenvalue weighted by atomic mass is 35.5. The van der Waals surface area contributed by atoms with Crippen LogP contribution in [0.1, 0.15) is 26.2 Å². The molecule has 1 aliphatic heterocycles. The number of rotatable bonds is 3. The number of aromatic nitrogens is 2. The van der Waals surface area contributed by atoms with Crippen LogP contribution in [-0.4, -0.2) is 28.2 Å². The zero-order valence-corrected chi connectivity index (χ0v) is 13.2. The van der Waals surface area contributed by atoms with Crippen molar-refractivity contribution in [3.63, 3.8) is 0 Å². The van der Waals surface area contributed by atoms with Gasteiger partial charge in [-0.05, 0) is 42.5 Å². The van der Waals surface area contributed by atoms with Crippen molar-refractivity contribution in [3.8, 4) is 11.5 Å². The number of piperidine rings is 1. The van der Waals surface area contributed by atoms with Crippen LogP contribution >= 0.6 is 11.6 Å². The lowest BCUT2D eigenvalue weighted by molar-refractivity contribution is 0.124. The van der Waals surface area contributed by atoms with Gasteiger partial charge in [-0.2, -0.15) is 0 Å². The Labute approximate surface area is 130 Å². The quantitative estimate of drug-likeness (QED) is 0.863. The predicted octanol–water partition coefficient (Wildman–Crippen LogP) is 3.87. The number of hydrogen-bond donors (Lipinski definition) is 0. The molecule has 0 N–H and O–H groups in total. The molecular formula is C16H20ClN3O. The van der Waals surface area contributed by atoms with Gasteiger partial charge in [-0.15, -0.1) is 10.2 Å². The fraction of sp³-hybridized carbons (Fsp3) is 0.500. The van der Waals surface area contributed by atoms with E-state index in [2.05, 4.69) is 28.9 Å². The number of likely N-dealkylation sites (tertiary alicyclic amines) is 1. The van der Waals surface area contributed by atoms with E-state index in [0.29, 0.717) is 16.8 Å². The van der Waals surface area contributed by atoms with Crippen molar-refractivity contribution in [1.82, 2.24) is 15.1 Å². The van der Waals surface area contributed by atoms with Crippen molar-refractivity contribution in [2.45, 2.75) is 26.8 Å². The van der Waals surface area contributed by atoms with E-state index in [1.54, 1.807) is 0 Å². The van der Waals surface area contributed by atoms with Gasteiger partial charge in [0.2, 0.25) is 11.8 Å². The Balaban J connectivity index is 1.69. The Morgan fingerprint density at radius 2 is 1.81 bits per heavy atom. The summed E-state index contributed by atoms with van der Waals surface area (Å²) in [6, 6.07) is 7.44. The molecule has 112 valence electrons. The average Bonchev–Trinajstić information content (AvgIpc) is 2.87. The molecule has 5 heteroatoms. The second-order valence-corrected chi connectivity index (χ2v) is 6.58. The van der Waals surface area contributed by atoms with Gasteiger partial charge in [0.1, 0.15) is 0 Å². The summed E-state index contributed by atoms with van der Waals surface area (Å²) in [5.74, 6) is 2.70. The Bertz CT molecular complexity index is 586. The summed E-state index contributed by atoms with van der Waals surface area (Å²) in [4.78, 5) is 2.40. The van der Waals surface area contributed by atoms with E-state index in [1.807, 2.05) is 24.3 Å². The Hall–Kier alpha value is -1.39. The maximum atomic E-state index is 5.89. The predicted molar refractivity (Wildman–Crippen MR) is 83.0 cm³/mol. The third-order valence-electron chi connectivity index (χ3n) is 3.86. The molecule has 0 bridgehead atoms.